The highest BCUT2D eigenvalue weighted by Gasteiger charge is 2.19. The lowest BCUT2D eigenvalue weighted by Gasteiger charge is -2.20. The van der Waals surface area contributed by atoms with Gasteiger partial charge >= 0.3 is 0 Å². The number of rotatable bonds is 6. The molecule has 1 aliphatic rings. The van der Waals surface area contributed by atoms with Crippen molar-refractivity contribution in [1.29, 1.82) is 0 Å². The van der Waals surface area contributed by atoms with Gasteiger partial charge in [-0.3, -0.25) is 0 Å². The Bertz CT molecular complexity index is 358. The molecule has 0 bridgehead atoms. The minimum atomic E-state index is 0.665. The normalized spacial score (nSPS) is 18.1. The summed E-state index contributed by atoms with van der Waals surface area (Å²) in [5, 5.41) is 3.50. The van der Waals surface area contributed by atoms with Crippen molar-refractivity contribution in [3.05, 3.63) is 29.8 Å². The Balaban J connectivity index is 1.81. The molecule has 1 saturated carbocycles. The number of aryl methyl sites for hydroxylation is 1. The van der Waals surface area contributed by atoms with E-state index in [2.05, 4.69) is 43.6 Å². The minimum absolute atomic E-state index is 0.665. The van der Waals surface area contributed by atoms with Gasteiger partial charge in [-0.05, 0) is 37.9 Å². The average molecular weight is 263 g/mol. The fourth-order valence-electron chi connectivity index (χ4n) is 2.83. The maximum absolute atomic E-state index is 3.50. The van der Waals surface area contributed by atoms with E-state index in [9.17, 15) is 0 Å². The number of hydrogen-bond acceptors (Lipinski definition) is 2. The first-order chi connectivity index (χ1) is 8.79. The summed E-state index contributed by atoms with van der Waals surface area (Å²) >= 11 is 2.00. The van der Waals surface area contributed by atoms with Gasteiger partial charge in [0.1, 0.15) is 0 Å². The molecule has 2 rings (SSSR count). The van der Waals surface area contributed by atoms with Crippen LogP contribution in [0.15, 0.2) is 29.2 Å². The fraction of sp³-hybridized carbons (Fsp3) is 0.625. The van der Waals surface area contributed by atoms with Gasteiger partial charge in [-0.15, -0.1) is 11.8 Å². The van der Waals surface area contributed by atoms with Crippen LogP contribution in [0.25, 0.3) is 0 Å². The van der Waals surface area contributed by atoms with E-state index in [4.69, 9.17) is 0 Å². The molecule has 1 N–H and O–H groups in total. The first-order valence-electron chi connectivity index (χ1n) is 7.15. The summed E-state index contributed by atoms with van der Waals surface area (Å²) in [6.45, 7) is 2.20. The van der Waals surface area contributed by atoms with Crippen LogP contribution in [0.3, 0.4) is 0 Å². The van der Waals surface area contributed by atoms with Crippen LogP contribution in [0.5, 0.6) is 0 Å². The highest BCUT2D eigenvalue weighted by Crippen LogP contribution is 2.30. The van der Waals surface area contributed by atoms with E-state index in [1.165, 1.54) is 48.3 Å². The van der Waals surface area contributed by atoms with Gasteiger partial charge in [0.15, 0.2) is 0 Å². The summed E-state index contributed by atoms with van der Waals surface area (Å²) in [5.74, 6) is 2.16. The molecule has 0 aliphatic heterocycles. The van der Waals surface area contributed by atoms with Gasteiger partial charge in [0.25, 0.3) is 0 Å². The zero-order valence-electron chi connectivity index (χ0n) is 11.6. The van der Waals surface area contributed by atoms with Gasteiger partial charge in [0.2, 0.25) is 0 Å². The van der Waals surface area contributed by atoms with Gasteiger partial charge < -0.3 is 5.32 Å². The largest absolute Gasteiger partial charge is 0.316 e. The smallest absolute Gasteiger partial charge is 0.0161 e. The summed E-state index contributed by atoms with van der Waals surface area (Å²) in [5.41, 5.74) is 1.40. The molecule has 1 atom stereocenters. The fourth-order valence-corrected chi connectivity index (χ4v) is 3.98. The van der Waals surface area contributed by atoms with E-state index in [1.807, 2.05) is 11.8 Å². The molecule has 1 nitrogen and oxygen atoms in total. The maximum Gasteiger partial charge on any atom is 0.0161 e. The van der Waals surface area contributed by atoms with Crippen molar-refractivity contribution in [2.24, 2.45) is 5.92 Å². The average Bonchev–Trinajstić information content (AvgIpc) is 2.89. The quantitative estimate of drug-likeness (QED) is 0.770. The van der Waals surface area contributed by atoms with Crippen LogP contribution in [0.4, 0.5) is 0 Å². The molecule has 1 aliphatic carbocycles. The van der Waals surface area contributed by atoms with Gasteiger partial charge in [0, 0.05) is 16.7 Å². The van der Waals surface area contributed by atoms with Crippen molar-refractivity contribution in [3.63, 3.8) is 0 Å². The number of thioether (sulfide) groups is 1. The molecule has 0 heterocycles. The van der Waals surface area contributed by atoms with E-state index < -0.39 is 0 Å². The van der Waals surface area contributed by atoms with Crippen LogP contribution in [-0.4, -0.2) is 18.8 Å². The van der Waals surface area contributed by atoms with Crippen LogP contribution in [0, 0.1) is 12.8 Å². The molecule has 2 heteroatoms. The number of hydrogen-bond donors (Lipinski definition) is 1. The Morgan fingerprint density at radius 2 is 2.00 bits per heavy atom. The molecular formula is C16H25NS. The molecule has 1 aromatic rings. The molecule has 1 unspecified atom stereocenters. The molecule has 0 radical (unpaired) electrons. The molecule has 100 valence electrons. The second-order valence-electron chi connectivity index (χ2n) is 5.45. The number of benzene rings is 1. The van der Waals surface area contributed by atoms with E-state index >= 15 is 0 Å². The summed E-state index contributed by atoms with van der Waals surface area (Å²) in [6, 6.07) is 9.36. The molecule has 18 heavy (non-hydrogen) atoms. The van der Waals surface area contributed by atoms with E-state index in [1.54, 1.807) is 0 Å². The second kappa shape index (κ2) is 7.20. The Hall–Kier alpha value is -0.470. The molecule has 0 saturated heterocycles. The third kappa shape index (κ3) is 4.03. The molecule has 0 aromatic heterocycles. The molecular weight excluding hydrogens is 238 g/mol. The summed E-state index contributed by atoms with van der Waals surface area (Å²) in [6.07, 6.45) is 7.16. The highest BCUT2D eigenvalue weighted by atomic mass is 32.2. The molecule has 0 amide bonds. The Morgan fingerprint density at radius 3 is 2.67 bits per heavy atom. The lowest BCUT2D eigenvalue weighted by atomic mass is 9.99. The Labute approximate surface area is 116 Å². The third-order valence-electron chi connectivity index (χ3n) is 4.03. The molecule has 0 spiro atoms. The standard InChI is InChI=1S/C16H25NS/c1-13-7-3-6-10-16(13)18-12-15(17-2)11-14-8-4-5-9-14/h3,6-7,10,14-15,17H,4-5,8-9,11-12H2,1-2H3. The SMILES string of the molecule is CNC(CSc1ccccc1C)CC1CCCC1. The Kier molecular flexibility index (Phi) is 5.58. The van der Waals surface area contributed by atoms with Crippen molar-refractivity contribution >= 4 is 11.8 Å². The zero-order chi connectivity index (χ0) is 12.8. The lowest BCUT2D eigenvalue weighted by molar-refractivity contribution is 0.427. The minimum Gasteiger partial charge on any atom is -0.316 e. The maximum atomic E-state index is 3.50. The van der Waals surface area contributed by atoms with Crippen LogP contribution >= 0.6 is 11.8 Å². The van der Waals surface area contributed by atoms with E-state index in [-0.39, 0.29) is 0 Å². The van der Waals surface area contributed by atoms with Crippen molar-refractivity contribution in [2.45, 2.75) is 50.0 Å². The predicted octanol–water partition coefficient (Wildman–Crippen LogP) is 4.26. The van der Waals surface area contributed by atoms with Crippen LogP contribution in [0.2, 0.25) is 0 Å². The van der Waals surface area contributed by atoms with Crippen molar-refractivity contribution < 1.29 is 0 Å². The van der Waals surface area contributed by atoms with Gasteiger partial charge in [-0.25, -0.2) is 0 Å². The van der Waals surface area contributed by atoms with Gasteiger partial charge in [-0.2, -0.15) is 0 Å². The van der Waals surface area contributed by atoms with Crippen LogP contribution in [-0.2, 0) is 0 Å². The first kappa shape index (κ1) is 14.0. The first-order valence-corrected chi connectivity index (χ1v) is 8.14. The monoisotopic (exact) mass is 263 g/mol. The third-order valence-corrected chi connectivity index (χ3v) is 5.37. The lowest BCUT2D eigenvalue weighted by Crippen LogP contribution is -2.29. The van der Waals surface area contributed by atoms with E-state index in [0.717, 1.165) is 5.92 Å². The summed E-state index contributed by atoms with van der Waals surface area (Å²) < 4.78 is 0. The second-order valence-corrected chi connectivity index (χ2v) is 6.51. The zero-order valence-corrected chi connectivity index (χ0v) is 12.4. The topological polar surface area (TPSA) is 12.0 Å². The summed E-state index contributed by atoms with van der Waals surface area (Å²) in [7, 11) is 2.11. The van der Waals surface area contributed by atoms with E-state index in [0.29, 0.717) is 6.04 Å². The predicted molar refractivity (Wildman–Crippen MR) is 81.3 cm³/mol. The molecule has 1 aromatic carbocycles. The van der Waals surface area contributed by atoms with Crippen molar-refractivity contribution in [3.8, 4) is 0 Å². The molecule has 1 fully saturated rings. The summed E-state index contributed by atoms with van der Waals surface area (Å²) in [4.78, 5) is 1.43. The van der Waals surface area contributed by atoms with Crippen LogP contribution < -0.4 is 5.32 Å². The number of nitrogens with one attached hydrogen (secondary N) is 1. The van der Waals surface area contributed by atoms with Crippen molar-refractivity contribution in [1.82, 2.24) is 5.32 Å². The van der Waals surface area contributed by atoms with Gasteiger partial charge in [-0.1, -0.05) is 43.9 Å². The van der Waals surface area contributed by atoms with Crippen LogP contribution in [0.1, 0.15) is 37.7 Å². The highest BCUT2D eigenvalue weighted by molar-refractivity contribution is 7.99. The van der Waals surface area contributed by atoms with Gasteiger partial charge in [0.05, 0.1) is 0 Å². The Morgan fingerprint density at radius 1 is 1.28 bits per heavy atom. The van der Waals surface area contributed by atoms with Crippen molar-refractivity contribution in [2.75, 3.05) is 12.8 Å².